The van der Waals surface area contributed by atoms with Crippen LogP contribution < -0.4 is 10.6 Å². The fourth-order valence-corrected chi connectivity index (χ4v) is 5.42. The van der Waals surface area contributed by atoms with Crippen molar-refractivity contribution in [3.05, 3.63) is 84.2 Å². The highest BCUT2D eigenvalue weighted by atomic mass is 16.5. The first kappa shape index (κ1) is 24.8. The zero-order chi connectivity index (χ0) is 25.8. The first-order valence-corrected chi connectivity index (χ1v) is 12.8. The van der Waals surface area contributed by atoms with Crippen LogP contribution in [0.15, 0.2) is 73.1 Å². The molecular weight excluding hydrogens is 464 g/mol. The van der Waals surface area contributed by atoms with E-state index in [9.17, 15) is 4.79 Å². The van der Waals surface area contributed by atoms with E-state index < -0.39 is 0 Å². The van der Waals surface area contributed by atoms with Gasteiger partial charge in [0.15, 0.2) is 0 Å². The van der Waals surface area contributed by atoms with Gasteiger partial charge in [0, 0.05) is 50.0 Å². The minimum Gasteiger partial charge on any atom is -0.385 e. The number of aromatic nitrogens is 4. The third-order valence-corrected chi connectivity index (χ3v) is 7.27. The minimum absolute atomic E-state index is 0.0375. The molecule has 37 heavy (non-hydrogen) atoms. The minimum atomic E-state index is -0.226. The zero-order valence-corrected chi connectivity index (χ0v) is 21.6. The van der Waals surface area contributed by atoms with E-state index >= 15 is 0 Å². The van der Waals surface area contributed by atoms with Gasteiger partial charge in [0.2, 0.25) is 0 Å². The second kappa shape index (κ2) is 11.0. The van der Waals surface area contributed by atoms with Gasteiger partial charge < -0.3 is 10.1 Å². The van der Waals surface area contributed by atoms with Gasteiger partial charge in [0.1, 0.15) is 11.5 Å². The third-order valence-electron chi connectivity index (χ3n) is 7.27. The fraction of sp³-hybridized carbons (Fsp3) is 0.345. The lowest BCUT2D eigenvalue weighted by Gasteiger charge is -2.22. The Kier molecular flexibility index (Phi) is 7.37. The van der Waals surface area contributed by atoms with Gasteiger partial charge in [-0.25, -0.2) is 9.48 Å². The van der Waals surface area contributed by atoms with E-state index in [0.717, 1.165) is 48.4 Å². The molecule has 2 aromatic heterocycles. The van der Waals surface area contributed by atoms with Crippen LogP contribution in [0.2, 0.25) is 0 Å². The number of amides is 2. The molecule has 2 aromatic carbocycles. The Balaban J connectivity index is 1.41. The predicted octanol–water partition coefficient (Wildman–Crippen LogP) is 5.30. The maximum Gasteiger partial charge on any atom is 0.320 e. The first-order valence-electron chi connectivity index (χ1n) is 12.8. The molecule has 0 spiro atoms. The molecule has 0 saturated heterocycles. The monoisotopic (exact) mass is 498 g/mol. The van der Waals surface area contributed by atoms with Crippen molar-refractivity contribution in [3.8, 4) is 16.9 Å². The van der Waals surface area contributed by atoms with Crippen LogP contribution >= 0.6 is 0 Å². The lowest BCUT2D eigenvalue weighted by molar-refractivity contribution is 0.177. The van der Waals surface area contributed by atoms with Crippen LogP contribution in [0.5, 0.6) is 0 Å². The van der Waals surface area contributed by atoms with Gasteiger partial charge >= 0.3 is 6.03 Å². The number of aryl methyl sites for hydroxylation is 1. The standard InChI is InChI=1S/C29H34N6O2/c1-20-27(23-18-30-34(2)19-23)33-35(24-12-8-5-9-13-24)28(20)32-29(36)31-26-17-21(14-15-37-3)16-25(26)22-10-6-4-7-11-22/h4-13,18-19,21,25-26H,14-17H2,1-3H3,(H2,31,32,36)/t21-,25-,26+/m0/s1. The quantitative estimate of drug-likeness (QED) is 0.345. The highest BCUT2D eigenvalue weighted by molar-refractivity contribution is 5.91. The van der Waals surface area contributed by atoms with Crippen molar-refractivity contribution in [2.75, 3.05) is 19.0 Å². The number of hydrogen-bond donors (Lipinski definition) is 2. The van der Waals surface area contributed by atoms with Gasteiger partial charge in [0.05, 0.1) is 11.9 Å². The molecule has 2 amide bonds. The number of carbonyl (C=O) groups excluding carboxylic acids is 1. The Morgan fingerprint density at radius 3 is 2.49 bits per heavy atom. The number of methoxy groups -OCH3 is 1. The summed E-state index contributed by atoms with van der Waals surface area (Å²) in [5.74, 6) is 1.41. The normalized spacial score (nSPS) is 19.2. The fourth-order valence-electron chi connectivity index (χ4n) is 5.42. The molecule has 192 valence electrons. The van der Waals surface area contributed by atoms with Gasteiger partial charge in [-0.3, -0.25) is 10.00 Å². The molecule has 1 fully saturated rings. The Morgan fingerprint density at radius 2 is 1.81 bits per heavy atom. The topological polar surface area (TPSA) is 86.0 Å². The summed E-state index contributed by atoms with van der Waals surface area (Å²) in [5, 5.41) is 15.6. The van der Waals surface area contributed by atoms with E-state index in [1.807, 2.05) is 56.6 Å². The first-order chi connectivity index (χ1) is 18.0. The summed E-state index contributed by atoms with van der Waals surface area (Å²) < 4.78 is 8.88. The molecule has 0 radical (unpaired) electrons. The molecule has 8 nitrogen and oxygen atoms in total. The lowest BCUT2D eigenvalue weighted by Crippen LogP contribution is -2.40. The predicted molar refractivity (Wildman–Crippen MR) is 145 cm³/mol. The molecule has 4 aromatic rings. The molecule has 3 atom stereocenters. The number of anilines is 1. The van der Waals surface area contributed by atoms with E-state index in [1.165, 1.54) is 5.56 Å². The van der Waals surface area contributed by atoms with Crippen LogP contribution in [0.25, 0.3) is 16.9 Å². The van der Waals surface area contributed by atoms with Crippen molar-refractivity contribution in [2.24, 2.45) is 13.0 Å². The SMILES string of the molecule is COCC[C@@H]1C[C@@H](NC(=O)Nc2c(C)c(-c3cnn(C)c3)nn2-c2ccccc2)[C@H](c2ccccc2)C1. The summed E-state index contributed by atoms with van der Waals surface area (Å²) in [6, 6.07) is 20.1. The number of nitrogens with one attached hydrogen (secondary N) is 2. The molecular formula is C29H34N6O2. The van der Waals surface area contributed by atoms with Crippen LogP contribution in [-0.2, 0) is 11.8 Å². The number of rotatable bonds is 8. The van der Waals surface area contributed by atoms with Crippen LogP contribution in [-0.4, -0.2) is 45.4 Å². The highest BCUT2D eigenvalue weighted by Gasteiger charge is 2.36. The van der Waals surface area contributed by atoms with Gasteiger partial charge in [-0.2, -0.15) is 10.2 Å². The second-order valence-electron chi connectivity index (χ2n) is 9.81. The number of carbonyl (C=O) groups is 1. The summed E-state index contributed by atoms with van der Waals surface area (Å²) in [5.41, 5.74) is 4.71. The average Bonchev–Trinajstić information content (AvgIpc) is 3.61. The van der Waals surface area contributed by atoms with Crippen molar-refractivity contribution in [3.63, 3.8) is 0 Å². The Labute approximate surface area is 217 Å². The highest BCUT2D eigenvalue weighted by Crippen LogP contribution is 2.40. The number of ether oxygens (including phenoxy) is 1. The number of para-hydroxylation sites is 1. The van der Waals surface area contributed by atoms with Crippen molar-refractivity contribution in [1.29, 1.82) is 0 Å². The van der Waals surface area contributed by atoms with Crippen molar-refractivity contribution >= 4 is 11.8 Å². The summed E-state index contributed by atoms with van der Waals surface area (Å²) in [6.07, 6.45) is 6.67. The van der Waals surface area contributed by atoms with Crippen LogP contribution in [0, 0.1) is 12.8 Å². The molecule has 2 heterocycles. The number of hydrogen-bond acceptors (Lipinski definition) is 4. The molecule has 8 heteroatoms. The molecule has 1 saturated carbocycles. The molecule has 0 bridgehead atoms. The van der Waals surface area contributed by atoms with Crippen LogP contribution in [0.4, 0.5) is 10.6 Å². The van der Waals surface area contributed by atoms with Crippen LogP contribution in [0.3, 0.4) is 0 Å². The Hall–Kier alpha value is -3.91. The third kappa shape index (κ3) is 5.44. The number of urea groups is 1. The molecule has 0 aliphatic heterocycles. The van der Waals surface area contributed by atoms with E-state index in [0.29, 0.717) is 11.7 Å². The van der Waals surface area contributed by atoms with Gasteiger partial charge in [0.25, 0.3) is 0 Å². The average molecular weight is 499 g/mol. The summed E-state index contributed by atoms with van der Waals surface area (Å²) in [6.45, 7) is 2.71. The van der Waals surface area contributed by atoms with Crippen molar-refractivity contribution in [2.45, 2.75) is 38.1 Å². The van der Waals surface area contributed by atoms with E-state index in [-0.39, 0.29) is 18.0 Å². The number of nitrogens with zero attached hydrogens (tertiary/aromatic N) is 4. The largest absolute Gasteiger partial charge is 0.385 e. The molecule has 1 aliphatic rings. The Bertz CT molecular complexity index is 1330. The second-order valence-corrected chi connectivity index (χ2v) is 9.81. The smallest absolute Gasteiger partial charge is 0.320 e. The zero-order valence-electron chi connectivity index (χ0n) is 21.6. The van der Waals surface area contributed by atoms with Crippen molar-refractivity contribution in [1.82, 2.24) is 24.9 Å². The molecule has 5 rings (SSSR count). The Morgan fingerprint density at radius 1 is 1.08 bits per heavy atom. The van der Waals surface area contributed by atoms with Gasteiger partial charge in [-0.15, -0.1) is 0 Å². The van der Waals surface area contributed by atoms with E-state index in [1.54, 1.807) is 22.7 Å². The lowest BCUT2D eigenvalue weighted by atomic mass is 9.93. The molecule has 0 unspecified atom stereocenters. The summed E-state index contributed by atoms with van der Waals surface area (Å²) >= 11 is 0. The summed E-state index contributed by atoms with van der Waals surface area (Å²) in [4.78, 5) is 13.4. The maximum atomic E-state index is 13.4. The van der Waals surface area contributed by atoms with Gasteiger partial charge in [-0.05, 0) is 49.8 Å². The molecule has 1 aliphatic carbocycles. The number of benzene rings is 2. The van der Waals surface area contributed by atoms with Crippen LogP contribution in [0.1, 0.15) is 36.3 Å². The van der Waals surface area contributed by atoms with Crippen molar-refractivity contribution < 1.29 is 9.53 Å². The van der Waals surface area contributed by atoms with Gasteiger partial charge in [-0.1, -0.05) is 48.5 Å². The van der Waals surface area contributed by atoms with E-state index in [2.05, 4.69) is 40.0 Å². The maximum absolute atomic E-state index is 13.4. The van der Waals surface area contributed by atoms with E-state index in [4.69, 9.17) is 9.84 Å². The molecule has 2 N–H and O–H groups in total. The summed E-state index contributed by atoms with van der Waals surface area (Å²) in [7, 11) is 3.62.